The Morgan fingerprint density at radius 3 is 2.76 bits per heavy atom. The van der Waals surface area contributed by atoms with Gasteiger partial charge in [0.15, 0.2) is 0 Å². The van der Waals surface area contributed by atoms with E-state index < -0.39 is 0 Å². The lowest BCUT2D eigenvalue weighted by Crippen LogP contribution is -2.29. The molecule has 0 atom stereocenters. The van der Waals surface area contributed by atoms with E-state index >= 15 is 0 Å². The van der Waals surface area contributed by atoms with E-state index in [9.17, 15) is 4.79 Å². The Balaban J connectivity index is 1.76. The SMILES string of the molecule is Cn1c2c(c(=S)n(C)c1=O)CC(SCC1CCNCC1)=N2. The number of hydrogen-bond donors (Lipinski definition) is 1. The van der Waals surface area contributed by atoms with Crippen LogP contribution in [0.3, 0.4) is 0 Å². The van der Waals surface area contributed by atoms with E-state index in [1.807, 2.05) is 11.8 Å². The molecule has 114 valence electrons. The average Bonchev–Trinajstić information content (AvgIpc) is 2.94. The largest absolute Gasteiger partial charge is 0.330 e. The molecule has 0 saturated carbocycles. The van der Waals surface area contributed by atoms with Gasteiger partial charge in [0.25, 0.3) is 0 Å². The first-order valence-electron chi connectivity index (χ1n) is 7.28. The van der Waals surface area contributed by atoms with Crippen molar-refractivity contribution in [3.05, 3.63) is 20.7 Å². The number of fused-ring (bicyclic) bond motifs is 1. The first kappa shape index (κ1) is 15.0. The second-order valence-corrected chi connectivity index (χ2v) is 7.17. The van der Waals surface area contributed by atoms with Gasteiger partial charge in [-0.1, -0.05) is 12.2 Å². The molecule has 0 aliphatic carbocycles. The van der Waals surface area contributed by atoms with Gasteiger partial charge in [0.05, 0.1) is 5.04 Å². The molecule has 1 fully saturated rings. The van der Waals surface area contributed by atoms with Crippen LogP contribution in [0.5, 0.6) is 0 Å². The van der Waals surface area contributed by atoms with E-state index in [-0.39, 0.29) is 5.69 Å². The Kier molecular flexibility index (Phi) is 4.33. The average molecular weight is 324 g/mol. The summed E-state index contributed by atoms with van der Waals surface area (Å²) in [5.41, 5.74) is 0.912. The minimum Gasteiger partial charge on any atom is -0.317 e. The summed E-state index contributed by atoms with van der Waals surface area (Å²) >= 11 is 7.22. The Labute approximate surface area is 133 Å². The van der Waals surface area contributed by atoms with Gasteiger partial charge in [-0.25, -0.2) is 9.79 Å². The summed E-state index contributed by atoms with van der Waals surface area (Å²) in [7, 11) is 3.49. The van der Waals surface area contributed by atoms with Gasteiger partial charge < -0.3 is 5.32 Å². The molecule has 7 heteroatoms. The molecule has 3 heterocycles. The number of nitrogens with zero attached hydrogens (tertiary/aromatic N) is 3. The third-order valence-corrected chi connectivity index (χ3v) is 5.95. The van der Waals surface area contributed by atoms with Crippen molar-refractivity contribution in [2.45, 2.75) is 19.3 Å². The maximum Gasteiger partial charge on any atom is 0.330 e. The molecule has 0 radical (unpaired) electrons. The van der Waals surface area contributed by atoms with E-state index in [1.165, 1.54) is 17.4 Å². The standard InChI is InChI=1S/C14H20N4OS2/c1-17-12-10(13(20)18(2)14(17)19)7-11(16-12)21-8-9-3-5-15-6-4-9/h9,15H,3-8H2,1-2H3. The molecule has 21 heavy (non-hydrogen) atoms. The van der Waals surface area contributed by atoms with Crippen LogP contribution < -0.4 is 11.0 Å². The van der Waals surface area contributed by atoms with Crippen molar-refractivity contribution in [2.75, 3.05) is 18.8 Å². The van der Waals surface area contributed by atoms with Gasteiger partial charge in [-0.05, 0) is 31.8 Å². The molecule has 0 amide bonds. The highest BCUT2D eigenvalue weighted by atomic mass is 32.2. The van der Waals surface area contributed by atoms with Crippen LogP contribution in [0, 0.1) is 10.6 Å². The zero-order valence-corrected chi connectivity index (χ0v) is 14.0. The molecule has 0 bridgehead atoms. The number of aromatic nitrogens is 2. The van der Waals surface area contributed by atoms with Crippen LogP contribution in [0.15, 0.2) is 9.79 Å². The molecule has 1 N–H and O–H groups in total. The molecule has 0 spiro atoms. The van der Waals surface area contributed by atoms with Gasteiger partial charge in [-0.3, -0.25) is 9.13 Å². The van der Waals surface area contributed by atoms with Gasteiger partial charge in [-0.2, -0.15) is 0 Å². The first-order valence-corrected chi connectivity index (χ1v) is 8.67. The highest BCUT2D eigenvalue weighted by molar-refractivity contribution is 8.14. The molecule has 2 aliphatic rings. The quantitative estimate of drug-likeness (QED) is 0.843. The Morgan fingerprint density at radius 2 is 2.05 bits per heavy atom. The molecule has 0 unspecified atom stereocenters. The molecule has 1 aromatic heterocycles. The van der Waals surface area contributed by atoms with Crippen molar-refractivity contribution in [1.29, 1.82) is 0 Å². The molecule has 1 aromatic rings. The third kappa shape index (κ3) is 2.86. The zero-order chi connectivity index (χ0) is 15.0. The summed E-state index contributed by atoms with van der Waals surface area (Å²) < 4.78 is 3.75. The second-order valence-electron chi connectivity index (χ2n) is 5.69. The zero-order valence-electron chi connectivity index (χ0n) is 12.4. The van der Waals surface area contributed by atoms with Gasteiger partial charge in [0, 0.05) is 31.8 Å². The lowest BCUT2D eigenvalue weighted by Gasteiger charge is -2.21. The summed E-state index contributed by atoms with van der Waals surface area (Å²) in [5, 5.41) is 4.48. The Bertz CT molecular complexity index is 698. The highest BCUT2D eigenvalue weighted by Crippen LogP contribution is 2.31. The first-order chi connectivity index (χ1) is 10.1. The lowest BCUT2D eigenvalue weighted by atomic mass is 10.0. The van der Waals surface area contributed by atoms with Gasteiger partial charge >= 0.3 is 5.69 Å². The monoisotopic (exact) mass is 324 g/mol. The molecule has 5 nitrogen and oxygen atoms in total. The van der Waals surface area contributed by atoms with Gasteiger partial charge in [-0.15, -0.1) is 11.8 Å². The normalized spacial score (nSPS) is 18.7. The summed E-state index contributed by atoms with van der Waals surface area (Å²) in [6, 6.07) is 0. The van der Waals surface area contributed by atoms with E-state index in [2.05, 4.69) is 10.3 Å². The van der Waals surface area contributed by atoms with Crippen molar-refractivity contribution in [2.24, 2.45) is 25.0 Å². The van der Waals surface area contributed by atoms with Crippen molar-refractivity contribution in [3.8, 4) is 0 Å². The molecule has 2 aliphatic heterocycles. The topological polar surface area (TPSA) is 51.3 Å². The van der Waals surface area contributed by atoms with E-state index in [4.69, 9.17) is 12.2 Å². The van der Waals surface area contributed by atoms with Crippen LogP contribution in [0.1, 0.15) is 18.4 Å². The smallest absolute Gasteiger partial charge is 0.317 e. The Hall–Kier alpha value is -0.920. The van der Waals surface area contributed by atoms with Crippen LogP contribution in [-0.4, -0.2) is 33.0 Å². The van der Waals surface area contributed by atoms with Crippen molar-refractivity contribution in [3.63, 3.8) is 0 Å². The number of piperidine rings is 1. The van der Waals surface area contributed by atoms with Crippen LogP contribution >= 0.6 is 24.0 Å². The number of hydrogen-bond acceptors (Lipinski definition) is 5. The number of rotatable bonds is 2. The maximum atomic E-state index is 12.0. The summed E-state index contributed by atoms with van der Waals surface area (Å²) in [4.78, 5) is 16.7. The lowest BCUT2D eigenvalue weighted by molar-refractivity contribution is 0.408. The van der Waals surface area contributed by atoms with Gasteiger partial charge in [0.2, 0.25) is 0 Å². The van der Waals surface area contributed by atoms with E-state index in [0.29, 0.717) is 4.64 Å². The fourth-order valence-electron chi connectivity index (χ4n) is 2.85. The van der Waals surface area contributed by atoms with E-state index in [1.54, 1.807) is 18.7 Å². The maximum absolute atomic E-state index is 12.0. The fourth-order valence-corrected chi connectivity index (χ4v) is 4.26. The molecule has 0 aromatic carbocycles. The third-order valence-electron chi connectivity index (χ3n) is 4.23. The molecular formula is C14H20N4OS2. The minimum atomic E-state index is -0.105. The van der Waals surface area contributed by atoms with Crippen LogP contribution in [0.25, 0.3) is 0 Å². The summed E-state index contributed by atoms with van der Waals surface area (Å²) in [6.07, 6.45) is 3.26. The van der Waals surface area contributed by atoms with Crippen molar-refractivity contribution >= 4 is 34.8 Å². The van der Waals surface area contributed by atoms with Crippen molar-refractivity contribution < 1.29 is 0 Å². The Morgan fingerprint density at radius 1 is 1.33 bits per heavy atom. The highest BCUT2D eigenvalue weighted by Gasteiger charge is 2.22. The predicted octanol–water partition coefficient (Wildman–Crippen LogP) is 1.77. The van der Waals surface area contributed by atoms with Crippen LogP contribution in [0.2, 0.25) is 0 Å². The minimum absolute atomic E-state index is 0.105. The summed E-state index contributed by atoms with van der Waals surface area (Å²) in [6.45, 7) is 2.25. The number of aliphatic imine (C=N–C) groups is 1. The van der Waals surface area contributed by atoms with Crippen LogP contribution in [0.4, 0.5) is 5.82 Å². The summed E-state index contributed by atoms with van der Waals surface area (Å²) in [5.74, 6) is 2.63. The van der Waals surface area contributed by atoms with Crippen LogP contribution in [-0.2, 0) is 20.5 Å². The fraction of sp³-hybridized carbons (Fsp3) is 0.643. The number of thioether (sulfide) groups is 1. The van der Waals surface area contributed by atoms with E-state index in [0.717, 1.165) is 47.6 Å². The molecular weight excluding hydrogens is 304 g/mol. The van der Waals surface area contributed by atoms with Gasteiger partial charge in [0.1, 0.15) is 10.5 Å². The van der Waals surface area contributed by atoms with Crippen molar-refractivity contribution in [1.82, 2.24) is 14.5 Å². The second kappa shape index (κ2) is 6.06. The molecule has 3 rings (SSSR count). The predicted molar refractivity (Wildman–Crippen MR) is 90.3 cm³/mol. The number of nitrogens with one attached hydrogen (secondary N) is 1. The molecule has 1 saturated heterocycles.